The highest BCUT2D eigenvalue weighted by molar-refractivity contribution is 8.01. The van der Waals surface area contributed by atoms with Crippen molar-refractivity contribution in [3.05, 3.63) is 24.1 Å². The molecular formula is C11H13FN2O4S2. The van der Waals surface area contributed by atoms with E-state index in [-0.39, 0.29) is 5.75 Å². The number of hydrogen-bond acceptors (Lipinski definition) is 5. The van der Waals surface area contributed by atoms with Gasteiger partial charge in [-0.1, -0.05) is 6.92 Å². The average molecular weight is 320 g/mol. The van der Waals surface area contributed by atoms with E-state index in [1.54, 1.807) is 6.92 Å². The molecule has 0 aromatic carbocycles. The van der Waals surface area contributed by atoms with Gasteiger partial charge in [0.1, 0.15) is 6.04 Å². The van der Waals surface area contributed by atoms with Crippen molar-refractivity contribution in [1.82, 2.24) is 9.29 Å². The molecule has 110 valence electrons. The fraction of sp³-hybridized carbons (Fsp3) is 0.455. The highest BCUT2D eigenvalue weighted by atomic mass is 32.2. The zero-order valence-electron chi connectivity index (χ0n) is 10.6. The smallest absolute Gasteiger partial charge is 0.322 e. The first-order chi connectivity index (χ1) is 9.39. The monoisotopic (exact) mass is 320 g/mol. The van der Waals surface area contributed by atoms with Crippen molar-refractivity contribution in [2.45, 2.75) is 29.8 Å². The first kappa shape index (κ1) is 15.2. The van der Waals surface area contributed by atoms with Gasteiger partial charge in [0.2, 0.25) is 5.03 Å². The van der Waals surface area contributed by atoms with Crippen LogP contribution in [0.4, 0.5) is 4.39 Å². The number of aliphatic carboxylic acids is 1. The van der Waals surface area contributed by atoms with Crippen LogP contribution in [0.1, 0.15) is 13.3 Å². The van der Waals surface area contributed by atoms with Crippen LogP contribution in [0.25, 0.3) is 0 Å². The van der Waals surface area contributed by atoms with Crippen molar-refractivity contribution in [2.75, 3.05) is 5.75 Å². The van der Waals surface area contributed by atoms with E-state index in [1.165, 1.54) is 17.8 Å². The molecule has 2 rings (SSSR count). The summed E-state index contributed by atoms with van der Waals surface area (Å²) in [5, 5.41) is 7.89. The third-order valence-corrected chi connectivity index (χ3v) is 6.36. The van der Waals surface area contributed by atoms with Gasteiger partial charge in [-0.2, -0.15) is 4.31 Å². The zero-order chi connectivity index (χ0) is 14.9. The van der Waals surface area contributed by atoms with Gasteiger partial charge in [0.25, 0.3) is 10.0 Å². The molecule has 1 aromatic rings. The molecule has 20 heavy (non-hydrogen) atoms. The van der Waals surface area contributed by atoms with E-state index in [1.807, 2.05) is 0 Å². The van der Waals surface area contributed by atoms with Gasteiger partial charge in [0.05, 0.1) is 5.37 Å². The third-order valence-electron chi connectivity index (χ3n) is 2.92. The molecule has 0 spiro atoms. The Morgan fingerprint density at radius 2 is 2.35 bits per heavy atom. The Balaban J connectivity index is 2.50. The van der Waals surface area contributed by atoms with Crippen LogP contribution < -0.4 is 0 Å². The first-order valence-corrected chi connectivity index (χ1v) is 8.37. The summed E-state index contributed by atoms with van der Waals surface area (Å²) < 4.78 is 39.5. The summed E-state index contributed by atoms with van der Waals surface area (Å²) in [5.41, 5.74) is 0. The van der Waals surface area contributed by atoms with Crippen LogP contribution >= 0.6 is 11.8 Å². The second kappa shape index (κ2) is 5.66. The van der Waals surface area contributed by atoms with Gasteiger partial charge in [-0.05, 0) is 18.6 Å². The zero-order valence-corrected chi connectivity index (χ0v) is 12.2. The van der Waals surface area contributed by atoms with E-state index in [0.29, 0.717) is 6.42 Å². The maximum Gasteiger partial charge on any atom is 0.322 e. The summed E-state index contributed by atoms with van der Waals surface area (Å²) in [4.78, 5) is 14.8. The number of aromatic nitrogens is 1. The second-order valence-electron chi connectivity index (χ2n) is 4.18. The van der Waals surface area contributed by atoms with Gasteiger partial charge in [0, 0.05) is 11.9 Å². The number of hydrogen-bond donors (Lipinski definition) is 1. The lowest BCUT2D eigenvalue weighted by molar-refractivity contribution is -0.140. The third kappa shape index (κ3) is 2.52. The van der Waals surface area contributed by atoms with Gasteiger partial charge in [0.15, 0.2) is 5.82 Å². The van der Waals surface area contributed by atoms with Gasteiger partial charge < -0.3 is 5.11 Å². The van der Waals surface area contributed by atoms with Crippen LogP contribution in [0, 0.1) is 5.82 Å². The van der Waals surface area contributed by atoms with Crippen LogP contribution in [0.2, 0.25) is 0 Å². The molecular weight excluding hydrogens is 307 g/mol. The Bertz CT molecular complexity index is 623. The topological polar surface area (TPSA) is 87.6 Å². The van der Waals surface area contributed by atoms with Crippen molar-refractivity contribution in [2.24, 2.45) is 0 Å². The molecule has 1 saturated heterocycles. The molecule has 0 saturated carbocycles. The summed E-state index contributed by atoms with van der Waals surface area (Å²) >= 11 is 1.23. The normalized spacial score (nSPS) is 23.9. The average Bonchev–Trinajstić information content (AvgIpc) is 2.83. The minimum Gasteiger partial charge on any atom is -0.480 e. The predicted molar refractivity (Wildman–Crippen MR) is 71.2 cm³/mol. The molecule has 0 aliphatic carbocycles. The summed E-state index contributed by atoms with van der Waals surface area (Å²) in [7, 11) is -4.28. The Kier molecular flexibility index (Phi) is 4.31. The Labute approximate surface area is 120 Å². The van der Waals surface area contributed by atoms with Crippen molar-refractivity contribution in [3.63, 3.8) is 0 Å². The number of rotatable bonds is 4. The summed E-state index contributed by atoms with van der Waals surface area (Å²) in [6, 6.07) is 1.06. The van der Waals surface area contributed by atoms with Gasteiger partial charge in [-0.3, -0.25) is 4.79 Å². The Morgan fingerprint density at radius 3 is 2.90 bits per heavy atom. The fourth-order valence-corrected chi connectivity index (χ4v) is 5.53. The van der Waals surface area contributed by atoms with E-state index < -0.39 is 38.3 Å². The van der Waals surface area contributed by atoms with E-state index in [9.17, 15) is 17.6 Å². The van der Waals surface area contributed by atoms with Crippen LogP contribution in [-0.4, -0.2) is 46.0 Å². The molecule has 1 aliphatic heterocycles. The molecule has 9 heteroatoms. The molecule has 6 nitrogen and oxygen atoms in total. The second-order valence-corrected chi connectivity index (χ2v) is 7.14. The molecule has 2 atom stereocenters. The van der Waals surface area contributed by atoms with E-state index in [2.05, 4.69) is 4.98 Å². The summed E-state index contributed by atoms with van der Waals surface area (Å²) in [6.45, 7) is 1.75. The van der Waals surface area contributed by atoms with Crippen molar-refractivity contribution in [1.29, 1.82) is 0 Å². The van der Waals surface area contributed by atoms with E-state index in [4.69, 9.17) is 5.11 Å². The lowest BCUT2D eigenvalue weighted by Gasteiger charge is -2.25. The predicted octanol–water partition coefficient (Wildman–Crippen LogP) is 1.15. The van der Waals surface area contributed by atoms with E-state index >= 15 is 0 Å². The summed E-state index contributed by atoms with van der Waals surface area (Å²) in [6.07, 6.45) is 1.60. The minimum absolute atomic E-state index is 0.140. The van der Waals surface area contributed by atoms with Gasteiger partial charge >= 0.3 is 5.97 Å². The highest BCUT2D eigenvalue weighted by Crippen LogP contribution is 2.36. The van der Waals surface area contributed by atoms with Crippen LogP contribution in [0.15, 0.2) is 23.4 Å². The maximum atomic E-state index is 13.7. The standard InChI is InChI=1S/C11H13FN2O4S2/c1-2-9-14(8(6-19-9)11(15)16)20(17,18)10-7(12)4-3-5-13-10/h3-5,8-9H,2,6H2,1H3,(H,15,16). The lowest BCUT2D eigenvalue weighted by Crippen LogP contribution is -2.45. The highest BCUT2D eigenvalue weighted by Gasteiger charge is 2.46. The van der Waals surface area contributed by atoms with Gasteiger partial charge in [-0.25, -0.2) is 17.8 Å². The largest absolute Gasteiger partial charge is 0.480 e. The van der Waals surface area contributed by atoms with Crippen LogP contribution in [0.3, 0.4) is 0 Å². The van der Waals surface area contributed by atoms with Gasteiger partial charge in [-0.15, -0.1) is 11.8 Å². The van der Waals surface area contributed by atoms with Crippen LogP contribution in [0.5, 0.6) is 0 Å². The van der Waals surface area contributed by atoms with Crippen molar-refractivity contribution < 1.29 is 22.7 Å². The molecule has 1 aromatic heterocycles. The lowest BCUT2D eigenvalue weighted by atomic mass is 10.3. The number of carbonyl (C=O) groups is 1. The fourth-order valence-electron chi connectivity index (χ4n) is 2.01. The molecule has 2 unspecified atom stereocenters. The molecule has 0 amide bonds. The molecule has 2 heterocycles. The molecule has 1 N–H and O–H groups in total. The number of nitrogens with zero attached hydrogens (tertiary/aromatic N) is 2. The van der Waals surface area contributed by atoms with Crippen molar-refractivity contribution >= 4 is 27.8 Å². The number of halogens is 1. The molecule has 1 aliphatic rings. The maximum absolute atomic E-state index is 13.7. The molecule has 0 bridgehead atoms. The Morgan fingerprint density at radius 1 is 1.65 bits per heavy atom. The summed E-state index contributed by atoms with van der Waals surface area (Å²) in [5.74, 6) is -2.08. The molecule has 0 radical (unpaired) electrons. The Hall–Kier alpha value is -1.19. The van der Waals surface area contributed by atoms with E-state index in [0.717, 1.165) is 16.6 Å². The number of carboxylic acids is 1. The minimum atomic E-state index is -4.28. The number of thioether (sulfide) groups is 1. The molecule has 1 fully saturated rings. The number of carboxylic acid groups (broad SMARTS) is 1. The SMILES string of the molecule is CCC1SCC(C(=O)O)N1S(=O)(=O)c1ncccc1F. The van der Waals surface area contributed by atoms with Crippen LogP contribution in [-0.2, 0) is 14.8 Å². The number of pyridine rings is 1. The quantitative estimate of drug-likeness (QED) is 0.895. The number of sulfonamides is 1. The first-order valence-electron chi connectivity index (χ1n) is 5.88. The van der Waals surface area contributed by atoms with Crippen molar-refractivity contribution in [3.8, 4) is 0 Å².